The Hall–Kier alpha value is -3.04. The van der Waals surface area contributed by atoms with Gasteiger partial charge in [0.25, 0.3) is 11.1 Å². The molecule has 1 N–H and O–H groups in total. The zero-order chi connectivity index (χ0) is 22.0. The molecule has 2 heterocycles. The molecule has 156 valence electrons. The molecule has 1 saturated heterocycles. The van der Waals surface area contributed by atoms with Crippen LogP contribution in [0.5, 0.6) is 0 Å². The molecule has 30 heavy (non-hydrogen) atoms. The fraction of sp³-hybridized carbons (Fsp3) is 0.200. The van der Waals surface area contributed by atoms with Crippen molar-refractivity contribution in [3.8, 4) is 11.3 Å². The van der Waals surface area contributed by atoms with Crippen LogP contribution in [0.15, 0.2) is 39.7 Å². The summed E-state index contributed by atoms with van der Waals surface area (Å²) >= 11 is 6.67. The summed E-state index contributed by atoms with van der Waals surface area (Å²) in [6.45, 7) is 2.88. The van der Waals surface area contributed by atoms with Gasteiger partial charge in [-0.2, -0.15) is 0 Å². The van der Waals surface area contributed by atoms with Gasteiger partial charge in [0.2, 0.25) is 0 Å². The second-order valence-electron chi connectivity index (χ2n) is 6.51. The number of carbonyl (C=O) groups excluding carboxylic acids is 3. The third-order valence-corrected chi connectivity index (χ3v) is 5.13. The van der Waals surface area contributed by atoms with E-state index in [0.29, 0.717) is 28.8 Å². The highest BCUT2D eigenvalue weighted by Gasteiger charge is 2.37. The van der Waals surface area contributed by atoms with E-state index in [0.717, 1.165) is 4.90 Å². The average molecular weight is 450 g/mol. The van der Waals surface area contributed by atoms with Crippen LogP contribution in [-0.4, -0.2) is 45.7 Å². The number of amides is 2. The first kappa shape index (κ1) is 21.7. The van der Waals surface area contributed by atoms with Gasteiger partial charge in [0.05, 0.1) is 21.6 Å². The van der Waals surface area contributed by atoms with E-state index in [1.807, 2.05) is 0 Å². The quantitative estimate of drug-likeness (QED) is 0.513. The summed E-state index contributed by atoms with van der Waals surface area (Å²) in [4.78, 5) is 48.3. The van der Waals surface area contributed by atoms with E-state index >= 15 is 0 Å². The maximum absolute atomic E-state index is 12.5. The van der Waals surface area contributed by atoms with Crippen molar-refractivity contribution >= 4 is 52.5 Å². The zero-order valence-electron chi connectivity index (χ0n) is 15.9. The highest BCUT2D eigenvalue weighted by molar-refractivity contribution is 8.18. The number of carbonyl (C=O) groups is 4. The fourth-order valence-corrected chi connectivity index (χ4v) is 3.70. The molecule has 2 aromatic rings. The van der Waals surface area contributed by atoms with Gasteiger partial charge in [-0.15, -0.1) is 0 Å². The molecule has 0 saturated carbocycles. The maximum Gasteiger partial charge on any atom is 0.337 e. The van der Waals surface area contributed by atoms with Crippen LogP contribution in [0.2, 0.25) is 5.02 Å². The van der Waals surface area contributed by atoms with Crippen molar-refractivity contribution in [3.05, 3.63) is 51.6 Å². The second kappa shape index (κ2) is 8.76. The van der Waals surface area contributed by atoms with Crippen molar-refractivity contribution in [2.75, 3.05) is 6.54 Å². The number of esters is 1. The Morgan fingerprint density at radius 1 is 1.27 bits per heavy atom. The van der Waals surface area contributed by atoms with Gasteiger partial charge in [-0.05, 0) is 49.9 Å². The van der Waals surface area contributed by atoms with Crippen LogP contribution >= 0.6 is 23.4 Å². The first-order chi connectivity index (χ1) is 14.2. The number of hydrogen-bond acceptors (Lipinski definition) is 7. The largest absolute Gasteiger partial charge is 0.478 e. The van der Waals surface area contributed by atoms with Crippen LogP contribution in [0.4, 0.5) is 4.79 Å². The minimum absolute atomic E-state index is 0.0307. The molecule has 8 nitrogen and oxygen atoms in total. The van der Waals surface area contributed by atoms with Crippen LogP contribution in [-0.2, 0) is 14.3 Å². The Bertz CT molecular complexity index is 1070. The highest BCUT2D eigenvalue weighted by Crippen LogP contribution is 2.34. The minimum atomic E-state index is -1.14. The third kappa shape index (κ3) is 4.74. The average Bonchev–Trinajstić information content (AvgIpc) is 3.21. The number of rotatable bonds is 6. The van der Waals surface area contributed by atoms with Gasteiger partial charge < -0.3 is 14.3 Å². The van der Waals surface area contributed by atoms with E-state index < -0.39 is 29.6 Å². The lowest BCUT2D eigenvalue weighted by Gasteiger charge is -2.13. The summed E-state index contributed by atoms with van der Waals surface area (Å²) in [6.07, 6.45) is 1.04. The van der Waals surface area contributed by atoms with Crippen molar-refractivity contribution in [2.24, 2.45) is 0 Å². The van der Waals surface area contributed by atoms with Gasteiger partial charge >= 0.3 is 11.9 Å². The Morgan fingerprint density at radius 2 is 2.00 bits per heavy atom. The van der Waals surface area contributed by atoms with Gasteiger partial charge in [0.1, 0.15) is 18.1 Å². The topological polar surface area (TPSA) is 114 Å². The Labute approximate surface area is 180 Å². The molecule has 10 heteroatoms. The lowest BCUT2D eigenvalue weighted by molar-refractivity contribution is -0.149. The van der Waals surface area contributed by atoms with E-state index in [1.165, 1.54) is 18.2 Å². The molecular weight excluding hydrogens is 434 g/mol. The molecule has 2 amide bonds. The lowest BCUT2D eigenvalue weighted by atomic mass is 10.1. The number of nitrogens with zero attached hydrogens (tertiary/aromatic N) is 1. The Morgan fingerprint density at radius 3 is 2.63 bits per heavy atom. The summed E-state index contributed by atoms with van der Waals surface area (Å²) in [7, 11) is 0. The lowest BCUT2D eigenvalue weighted by Crippen LogP contribution is -2.35. The van der Waals surface area contributed by atoms with Crippen LogP contribution in [0, 0.1) is 0 Å². The molecular formula is C20H16ClNO7S. The van der Waals surface area contributed by atoms with Gasteiger partial charge in [-0.25, -0.2) is 4.79 Å². The number of thioether (sulfide) groups is 1. The van der Waals surface area contributed by atoms with Gasteiger partial charge in [0, 0.05) is 11.6 Å². The predicted molar refractivity (Wildman–Crippen MR) is 110 cm³/mol. The number of halogens is 1. The number of furan rings is 1. The molecule has 0 radical (unpaired) electrons. The summed E-state index contributed by atoms with van der Waals surface area (Å²) in [6, 6.07) is 7.59. The molecule has 0 bridgehead atoms. The van der Waals surface area contributed by atoms with Crippen molar-refractivity contribution in [2.45, 2.75) is 20.0 Å². The Balaban J connectivity index is 1.77. The van der Waals surface area contributed by atoms with Crippen molar-refractivity contribution < 1.29 is 33.4 Å². The number of ether oxygens (including phenoxy) is 1. The van der Waals surface area contributed by atoms with Crippen LogP contribution in [0.1, 0.15) is 30.0 Å². The number of imide groups is 1. The normalized spacial score (nSPS) is 15.3. The summed E-state index contributed by atoms with van der Waals surface area (Å²) in [5, 5.41) is 8.53. The number of hydrogen-bond donors (Lipinski definition) is 1. The van der Waals surface area contributed by atoms with Gasteiger partial charge in [-0.1, -0.05) is 17.7 Å². The predicted octanol–water partition coefficient (Wildman–Crippen LogP) is 4.29. The molecule has 0 spiro atoms. The molecule has 0 atom stereocenters. The SMILES string of the molecule is CC(C)OC(=O)CN1C(=O)S/C(=C/c2ccc(-c3ccc(C(=O)O)c(Cl)c3)o2)C1=O. The maximum atomic E-state index is 12.5. The van der Waals surface area contributed by atoms with Gasteiger partial charge in [-0.3, -0.25) is 19.3 Å². The van der Waals surface area contributed by atoms with E-state index in [1.54, 1.807) is 32.0 Å². The first-order valence-corrected chi connectivity index (χ1v) is 9.93. The van der Waals surface area contributed by atoms with Crippen molar-refractivity contribution in [3.63, 3.8) is 0 Å². The third-order valence-electron chi connectivity index (χ3n) is 3.91. The van der Waals surface area contributed by atoms with Gasteiger partial charge in [0.15, 0.2) is 0 Å². The molecule has 0 unspecified atom stereocenters. The highest BCUT2D eigenvalue weighted by atomic mass is 35.5. The minimum Gasteiger partial charge on any atom is -0.478 e. The van der Waals surface area contributed by atoms with Crippen molar-refractivity contribution in [1.29, 1.82) is 0 Å². The van der Waals surface area contributed by atoms with E-state index in [9.17, 15) is 19.2 Å². The van der Waals surface area contributed by atoms with E-state index in [-0.39, 0.29) is 21.6 Å². The zero-order valence-corrected chi connectivity index (χ0v) is 17.5. The molecule has 1 fully saturated rings. The molecule has 1 aromatic heterocycles. The van der Waals surface area contributed by atoms with Crippen LogP contribution in [0.25, 0.3) is 17.4 Å². The van der Waals surface area contributed by atoms with Crippen molar-refractivity contribution in [1.82, 2.24) is 4.90 Å². The summed E-state index contributed by atoms with van der Waals surface area (Å²) in [5.74, 6) is -1.72. The summed E-state index contributed by atoms with van der Waals surface area (Å²) in [5.41, 5.74) is 0.519. The molecule has 1 aliphatic heterocycles. The fourth-order valence-electron chi connectivity index (χ4n) is 2.62. The molecule has 1 aromatic carbocycles. The summed E-state index contributed by atoms with van der Waals surface area (Å²) < 4.78 is 10.6. The van der Waals surface area contributed by atoms with Crippen LogP contribution < -0.4 is 0 Å². The molecule has 0 aliphatic carbocycles. The first-order valence-electron chi connectivity index (χ1n) is 8.73. The number of carboxylic acid groups (broad SMARTS) is 1. The van der Waals surface area contributed by atoms with E-state index in [4.69, 9.17) is 25.9 Å². The number of carboxylic acids is 1. The van der Waals surface area contributed by atoms with Crippen LogP contribution in [0.3, 0.4) is 0 Å². The number of aromatic carboxylic acids is 1. The number of benzene rings is 1. The smallest absolute Gasteiger partial charge is 0.337 e. The molecule has 3 rings (SSSR count). The standard InChI is InChI=1S/C20H16ClNO7S/c1-10(2)28-17(23)9-22-18(24)16(30-20(22)27)8-12-4-6-15(29-12)11-3-5-13(19(25)26)14(21)7-11/h3-8,10H,9H2,1-2H3,(H,25,26)/b16-8+. The second-order valence-corrected chi connectivity index (χ2v) is 7.91. The monoisotopic (exact) mass is 449 g/mol. The van der Waals surface area contributed by atoms with E-state index in [2.05, 4.69) is 0 Å². The molecule has 1 aliphatic rings. The Kier molecular flexibility index (Phi) is 6.33.